The molecule has 1 aliphatic carbocycles. The van der Waals surface area contributed by atoms with Crippen LogP contribution in [0.1, 0.15) is 57.2 Å². The van der Waals surface area contributed by atoms with E-state index in [-0.39, 0.29) is 5.78 Å². The standard InChI is InChI=1S/C17H16N2O/c1-10-15(9-18)19-11(2)16(10)17(20)14-5-3-4-13(8-14)12-6-7-12/h3-5,8,12,19H,6-7H2,1-2H3. The van der Waals surface area contributed by atoms with Crippen molar-refractivity contribution in [2.75, 3.05) is 0 Å². The van der Waals surface area contributed by atoms with Crippen molar-refractivity contribution in [2.24, 2.45) is 0 Å². The van der Waals surface area contributed by atoms with E-state index in [1.54, 1.807) is 0 Å². The van der Waals surface area contributed by atoms with Crippen molar-refractivity contribution in [1.29, 1.82) is 5.26 Å². The van der Waals surface area contributed by atoms with Gasteiger partial charge in [-0.25, -0.2) is 0 Å². The van der Waals surface area contributed by atoms with Crippen molar-refractivity contribution in [3.8, 4) is 6.07 Å². The number of aromatic nitrogens is 1. The van der Waals surface area contributed by atoms with Crippen molar-refractivity contribution < 1.29 is 4.79 Å². The van der Waals surface area contributed by atoms with Gasteiger partial charge in [-0.15, -0.1) is 0 Å². The second-order valence-corrected chi connectivity index (χ2v) is 5.47. The smallest absolute Gasteiger partial charge is 0.195 e. The molecule has 3 nitrogen and oxygen atoms in total. The van der Waals surface area contributed by atoms with Gasteiger partial charge in [0.2, 0.25) is 0 Å². The van der Waals surface area contributed by atoms with E-state index in [2.05, 4.69) is 17.1 Å². The molecule has 0 saturated heterocycles. The number of aromatic amines is 1. The van der Waals surface area contributed by atoms with Crippen LogP contribution in [0.3, 0.4) is 0 Å². The molecule has 1 N–H and O–H groups in total. The van der Waals surface area contributed by atoms with E-state index >= 15 is 0 Å². The van der Waals surface area contributed by atoms with Crippen LogP contribution in [0.4, 0.5) is 0 Å². The van der Waals surface area contributed by atoms with Crippen LogP contribution in [0, 0.1) is 25.2 Å². The van der Waals surface area contributed by atoms with Crippen LogP contribution in [0.15, 0.2) is 24.3 Å². The summed E-state index contributed by atoms with van der Waals surface area (Å²) < 4.78 is 0. The quantitative estimate of drug-likeness (QED) is 0.861. The highest BCUT2D eigenvalue weighted by Gasteiger charge is 2.25. The molecule has 1 aromatic carbocycles. The lowest BCUT2D eigenvalue weighted by Gasteiger charge is -2.05. The second-order valence-electron chi connectivity index (χ2n) is 5.47. The number of H-pyrrole nitrogens is 1. The molecule has 0 radical (unpaired) electrons. The minimum atomic E-state index is 0.000231. The van der Waals surface area contributed by atoms with Crippen LogP contribution in [-0.2, 0) is 0 Å². The van der Waals surface area contributed by atoms with E-state index in [4.69, 9.17) is 5.26 Å². The predicted molar refractivity (Wildman–Crippen MR) is 76.8 cm³/mol. The Morgan fingerprint density at radius 1 is 1.35 bits per heavy atom. The molecule has 0 unspecified atom stereocenters. The summed E-state index contributed by atoms with van der Waals surface area (Å²) in [5.74, 6) is 0.631. The Morgan fingerprint density at radius 3 is 2.70 bits per heavy atom. The summed E-state index contributed by atoms with van der Waals surface area (Å²) in [7, 11) is 0. The minimum Gasteiger partial charge on any atom is -0.350 e. The maximum atomic E-state index is 12.7. The number of ketones is 1. The van der Waals surface area contributed by atoms with Crippen LogP contribution in [0.5, 0.6) is 0 Å². The van der Waals surface area contributed by atoms with Crippen LogP contribution < -0.4 is 0 Å². The van der Waals surface area contributed by atoms with Gasteiger partial charge in [0.1, 0.15) is 11.8 Å². The first-order chi connectivity index (χ1) is 9.61. The Labute approximate surface area is 118 Å². The summed E-state index contributed by atoms with van der Waals surface area (Å²) in [6.07, 6.45) is 2.44. The molecule has 0 amide bonds. The fourth-order valence-corrected chi connectivity index (χ4v) is 2.70. The third-order valence-corrected chi connectivity index (χ3v) is 3.97. The molecule has 1 aromatic heterocycles. The molecule has 3 heteroatoms. The van der Waals surface area contributed by atoms with Gasteiger partial charge >= 0.3 is 0 Å². The number of rotatable bonds is 3. The first-order valence-corrected chi connectivity index (χ1v) is 6.85. The number of carbonyl (C=O) groups excluding carboxylic acids is 1. The van der Waals surface area contributed by atoms with E-state index in [1.165, 1.54) is 18.4 Å². The Morgan fingerprint density at radius 2 is 2.10 bits per heavy atom. The molecule has 3 rings (SSSR count). The van der Waals surface area contributed by atoms with Crippen LogP contribution >= 0.6 is 0 Å². The van der Waals surface area contributed by atoms with Crippen LogP contribution in [0.2, 0.25) is 0 Å². The summed E-state index contributed by atoms with van der Waals surface area (Å²) in [5, 5.41) is 9.04. The van der Waals surface area contributed by atoms with Gasteiger partial charge in [-0.2, -0.15) is 5.26 Å². The van der Waals surface area contributed by atoms with Gasteiger partial charge in [0.05, 0.1) is 0 Å². The average Bonchev–Trinajstić information content (AvgIpc) is 3.25. The fraction of sp³-hybridized carbons (Fsp3) is 0.294. The van der Waals surface area contributed by atoms with Gasteiger partial charge in [-0.05, 0) is 49.8 Å². The predicted octanol–water partition coefficient (Wildman–Crippen LogP) is 3.61. The molecule has 100 valence electrons. The molecule has 20 heavy (non-hydrogen) atoms. The lowest BCUT2D eigenvalue weighted by atomic mass is 9.97. The maximum Gasteiger partial charge on any atom is 0.195 e. The molecular formula is C17H16N2O. The number of hydrogen-bond donors (Lipinski definition) is 1. The summed E-state index contributed by atoms with van der Waals surface area (Å²) in [6, 6.07) is 9.98. The zero-order chi connectivity index (χ0) is 14.3. The normalized spacial score (nSPS) is 14.1. The zero-order valence-electron chi connectivity index (χ0n) is 11.7. The summed E-state index contributed by atoms with van der Waals surface area (Å²) >= 11 is 0. The largest absolute Gasteiger partial charge is 0.350 e. The average molecular weight is 264 g/mol. The Kier molecular flexibility index (Phi) is 2.94. The number of carbonyl (C=O) groups is 1. The van der Waals surface area contributed by atoms with Gasteiger partial charge in [-0.1, -0.05) is 18.2 Å². The maximum absolute atomic E-state index is 12.7. The third-order valence-electron chi connectivity index (χ3n) is 3.97. The number of aryl methyl sites for hydroxylation is 1. The van der Waals surface area contributed by atoms with E-state index in [0.29, 0.717) is 22.7 Å². The first kappa shape index (κ1) is 12.7. The van der Waals surface area contributed by atoms with E-state index < -0.39 is 0 Å². The van der Waals surface area contributed by atoms with Gasteiger partial charge in [0, 0.05) is 16.8 Å². The van der Waals surface area contributed by atoms with Gasteiger partial charge in [0.25, 0.3) is 0 Å². The van der Waals surface area contributed by atoms with E-state index in [0.717, 1.165) is 11.3 Å². The SMILES string of the molecule is Cc1[nH]c(C#N)c(C)c1C(=O)c1cccc(C2CC2)c1. The van der Waals surface area contributed by atoms with Crippen molar-refractivity contribution in [2.45, 2.75) is 32.6 Å². The topological polar surface area (TPSA) is 56.6 Å². The molecule has 1 fully saturated rings. The zero-order valence-corrected chi connectivity index (χ0v) is 11.7. The Balaban J connectivity index is 2.02. The van der Waals surface area contributed by atoms with Crippen molar-refractivity contribution in [3.63, 3.8) is 0 Å². The molecule has 1 heterocycles. The molecule has 0 bridgehead atoms. The van der Waals surface area contributed by atoms with Gasteiger partial charge in [-0.3, -0.25) is 4.79 Å². The van der Waals surface area contributed by atoms with Crippen LogP contribution in [-0.4, -0.2) is 10.8 Å². The number of benzene rings is 1. The third kappa shape index (κ3) is 2.04. The van der Waals surface area contributed by atoms with Gasteiger partial charge in [0.15, 0.2) is 5.78 Å². The number of nitrogens with one attached hydrogen (secondary N) is 1. The summed E-state index contributed by atoms with van der Waals surface area (Å²) in [5.41, 5.74) is 4.58. The van der Waals surface area contributed by atoms with Crippen molar-refractivity contribution >= 4 is 5.78 Å². The highest BCUT2D eigenvalue weighted by atomic mass is 16.1. The fourth-order valence-electron chi connectivity index (χ4n) is 2.70. The summed E-state index contributed by atoms with van der Waals surface area (Å²) in [4.78, 5) is 15.7. The lowest BCUT2D eigenvalue weighted by molar-refractivity contribution is 0.103. The van der Waals surface area contributed by atoms with Crippen LogP contribution in [0.25, 0.3) is 0 Å². The van der Waals surface area contributed by atoms with Crippen molar-refractivity contribution in [3.05, 3.63) is 57.9 Å². The Bertz CT molecular complexity index is 730. The highest BCUT2D eigenvalue weighted by molar-refractivity contribution is 6.11. The first-order valence-electron chi connectivity index (χ1n) is 6.85. The van der Waals surface area contributed by atoms with E-state index in [9.17, 15) is 4.79 Å². The minimum absolute atomic E-state index is 0.000231. The monoisotopic (exact) mass is 264 g/mol. The number of nitrogens with zero attached hydrogens (tertiary/aromatic N) is 1. The lowest BCUT2D eigenvalue weighted by Crippen LogP contribution is -2.04. The van der Waals surface area contributed by atoms with Gasteiger partial charge < -0.3 is 4.98 Å². The van der Waals surface area contributed by atoms with E-state index in [1.807, 2.05) is 32.0 Å². The number of hydrogen-bond acceptors (Lipinski definition) is 2. The molecule has 2 aromatic rings. The molecule has 1 aliphatic rings. The molecular weight excluding hydrogens is 248 g/mol. The summed E-state index contributed by atoms with van der Waals surface area (Å²) in [6.45, 7) is 3.66. The Hall–Kier alpha value is -2.34. The molecule has 0 aliphatic heterocycles. The second kappa shape index (κ2) is 4.64. The molecule has 0 spiro atoms. The highest BCUT2D eigenvalue weighted by Crippen LogP contribution is 2.40. The van der Waals surface area contributed by atoms with Crippen molar-refractivity contribution in [1.82, 2.24) is 4.98 Å². The molecule has 0 atom stereocenters. The molecule has 1 saturated carbocycles. The number of nitriles is 1.